The number of nitrogens with zero attached hydrogens (tertiary/aromatic N) is 6. The van der Waals surface area contributed by atoms with Gasteiger partial charge >= 0.3 is 0 Å². The number of hydrogen-bond acceptors (Lipinski definition) is 7. The number of tetrazole rings is 1. The van der Waals surface area contributed by atoms with E-state index in [0.29, 0.717) is 11.6 Å². The van der Waals surface area contributed by atoms with Crippen LogP contribution in [0.15, 0.2) is 30.6 Å². The molecule has 2 aromatic heterocycles. The van der Waals surface area contributed by atoms with Crippen LogP contribution in [0.25, 0.3) is 5.69 Å². The van der Waals surface area contributed by atoms with Crippen molar-refractivity contribution in [2.75, 3.05) is 0 Å². The van der Waals surface area contributed by atoms with Gasteiger partial charge in [0.2, 0.25) is 5.15 Å². The summed E-state index contributed by atoms with van der Waals surface area (Å²) >= 11 is 6.78. The molecular weight excluding hydrogens is 276 g/mol. The van der Waals surface area contributed by atoms with Gasteiger partial charge in [-0.1, -0.05) is 11.6 Å². The van der Waals surface area contributed by atoms with Gasteiger partial charge in [0.15, 0.2) is 0 Å². The molecule has 0 aliphatic rings. The van der Waals surface area contributed by atoms with Crippen LogP contribution in [0.4, 0.5) is 0 Å². The van der Waals surface area contributed by atoms with Gasteiger partial charge in [0, 0.05) is 0 Å². The van der Waals surface area contributed by atoms with Crippen molar-refractivity contribution in [2.24, 2.45) is 0 Å². The Hall–Kier alpha value is -2.06. The molecule has 0 radical (unpaired) electrons. The summed E-state index contributed by atoms with van der Waals surface area (Å²) in [4.78, 5) is 0. The molecule has 90 valence electrons. The predicted octanol–water partition coefficient (Wildman–Crippen LogP) is 1.96. The summed E-state index contributed by atoms with van der Waals surface area (Å²) in [5, 5.41) is 11.2. The summed E-state index contributed by atoms with van der Waals surface area (Å²) in [5.41, 5.74) is 0.829. The van der Waals surface area contributed by atoms with Crippen molar-refractivity contribution >= 4 is 23.3 Å². The average molecular weight is 281 g/mol. The molecule has 0 aliphatic carbocycles. The maximum absolute atomic E-state index is 5.78. The first-order chi connectivity index (χ1) is 8.83. The molecule has 0 saturated carbocycles. The molecule has 9 heteroatoms. The fourth-order valence-corrected chi connectivity index (χ4v) is 1.90. The first kappa shape index (κ1) is 11.1. The van der Waals surface area contributed by atoms with Crippen LogP contribution in [0.5, 0.6) is 11.6 Å². The molecule has 18 heavy (non-hydrogen) atoms. The topological polar surface area (TPSA) is 78.6 Å². The number of hydrogen-bond donors (Lipinski definition) is 0. The van der Waals surface area contributed by atoms with Crippen molar-refractivity contribution in [3.8, 4) is 17.3 Å². The molecule has 1 aromatic carbocycles. The number of benzene rings is 1. The minimum atomic E-state index is 0.254. The highest BCUT2D eigenvalue weighted by Gasteiger charge is 2.07. The fourth-order valence-electron chi connectivity index (χ4n) is 1.29. The maximum atomic E-state index is 5.78. The Bertz CT molecular complexity index is 637. The predicted molar refractivity (Wildman–Crippen MR) is 64.1 cm³/mol. The largest absolute Gasteiger partial charge is 0.436 e. The highest BCUT2D eigenvalue weighted by molar-refractivity contribution is 6.99. The lowest BCUT2D eigenvalue weighted by atomic mass is 10.3. The highest BCUT2D eigenvalue weighted by Crippen LogP contribution is 2.27. The second kappa shape index (κ2) is 4.67. The van der Waals surface area contributed by atoms with E-state index in [1.165, 1.54) is 6.33 Å². The second-order valence-electron chi connectivity index (χ2n) is 3.21. The van der Waals surface area contributed by atoms with Crippen LogP contribution in [0.3, 0.4) is 0 Å². The molecule has 0 N–H and O–H groups in total. The molecule has 0 aliphatic heterocycles. The average Bonchev–Trinajstić information content (AvgIpc) is 3.03. The van der Waals surface area contributed by atoms with Crippen LogP contribution in [-0.2, 0) is 0 Å². The van der Waals surface area contributed by atoms with Crippen LogP contribution in [0.2, 0.25) is 5.15 Å². The lowest BCUT2D eigenvalue weighted by Crippen LogP contribution is -1.94. The number of ether oxygens (including phenoxy) is 1. The molecule has 3 rings (SSSR count). The molecule has 2 heterocycles. The lowest BCUT2D eigenvalue weighted by molar-refractivity contribution is 0.468. The summed E-state index contributed by atoms with van der Waals surface area (Å²) in [6, 6.07) is 7.18. The molecule has 0 bridgehead atoms. The Morgan fingerprint density at radius 3 is 2.61 bits per heavy atom. The molecule has 0 saturated heterocycles. The molecule has 7 nitrogen and oxygen atoms in total. The van der Waals surface area contributed by atoms with Gasteiger partial charge in [-0.25, -0.2) is 4.68 Å². The van der Waals surface area contributed by atoms with Crippen molar-refractivity contribution < 1.29 is 4.74 Å². The van der Waals surface area contributed by atoms with Gasteiger partial charge in [-0.05, 0) is 34.7 Å². The van der Waals surface area contributed by atoms with Crippen LogP contribution >= 0.6 is 23.3 Å². The normalized spacial score (nSPS) is 10.5. The number of rotatable bonds is 3. The highest BCUT2D eigenvalue weighted by atomic mass is 35.5. The Morgan fingerprint density at radius 1 is 1.17 bits per heavy atom. The van der Waals surface area contributed by atoms with Gasteiger partial charge in [0.1, 0.15) is 12.1 Å². The lowest BCUT2D eigenvalue weighted by Gasteiger charge is -2.03. The monoisotopic (exact) mass is 280 g/mol. The van der Waals surface area contributed by atoms with E-state index in [0.717, 1.165) is 17.4 Å². The minimum absolute atomic E-state index is 0.254. The summed E-state index contributed by atoms with van der Waals surface area (Å²) in [6.45, 7) is 0. The quantitative estimate of drug-likeness (QED) is 0.730. The number of aromatic nitrogens is 6. The van der Waals surface area contributed by atoms with Crippen molar-refractivity contribution in [1.82, 2.24) is 29.0 Å². The Labute approximate surface area is 110 Å². The van der Waals surface area contributed by atoms with E-state index in [1.807, 2.05) is 12.1 Å². The van der Waals surface area contributed by atoms with Crippen LogP contribution in [0, 0.1) is 0 Å². The third kappa shape index (κ3) is 2.15. The van der Waals surface area contributed by atoms with Crippen molar-refractivity contribution in [1.29, 1.82) is 0 Å². The molecular formula is C9H5ClN6OS. The zero-order valence-corrected chi connectivity index (χ0v) is 10.3. The van der Waals surface area contributed by atoms with Gasteiger partial charge in [0.25, 0.3) is 5.88 Å². The minimum Gasteiger partial charge on any atom is -0.436 e. The van der Waals surface area contributed by atoms with Gasteiger partial charge in [-0.15, -0.1) is 9.47 Å². The van der Waals surface area contributed by atoms with Crippen molar-refractivity contribution in [2.45, 2.75) is 0 Å². The number of halogens is 1. The van der Waals surface area contributed by atoms with Crippen molar-refractivity contribution in [3.05, 3.63) is 35.7 Å². The smallest absolute Gasteiger partial charge is 0.270 e. The fraction of sp³-hybridized carbons (Fsp3) is 0. The first-order valence-electron chi connectivity index (χ1n) is 4.82. The summed E-state index contributed by atoms with van der Waals surface area (Å²) in [5.74, 6) is 0.915. The molecule has 0 unspecified atom stereocenters. The molecule has 0 fully saturated rings. The zero-order chi connectivity index (χ0) is 12.4. The zero-order valence-electron chi connectivity index (χ0n) is 8.76. The van der Waals surface area contributed by atoms with Gasteiger partial charge in [-0.3, -0.25) is 0 Å². The van der Waals surface area contributed by atoms with E-state index in [9.17, 15) is 0 Å². The molecule has 0 atom stereocenters. The van der Waals surface area contributed by atoms with Crippen LogP contribution < -0.4 is 4.74 Å². The van der Waals surface area contributed by atoms with Gasteiger partial charge < -0.3 is 4.74 Å². The first-order valence-corrected chi connectivity index (χ1v) is 5.93. The third-order valence-electron chi connectivity index (χ3n) is 2.09. The standard InChI is InChI=1S/C9H5ClN6OS/c10-8-9(13-18-12-8)17-7-3-1-6(2-4-7)16-5-11-14-15-16/h1-5H. The molecule has 0 amide bonds. The third-order valence-corrected chi connectivity index (χ3v) is 2.94. The maximum Gasteiger partial charge on any atom is 0.270 e. The summed E-state index contributed by atoms with van der Waals surface area (Å²) < 4.78 is 14.7. The Balaban J connectivity index is 1.81. The Kier molecular flexibility index (Phi) is 2.87. The van der Waals surface area contributed by atoms with E-state index < -0.39 is 0 Å². The van der Waals surface area contributed by atoms with Gasteiger partial charge in [-0.2, -0.15) is 4.37 Å². The second-order valence-corrected chi connectivity index (χ2v) is 4.10. The van der Waals surface area contributed by atoms with E-state index >= 15 is 0 Å². The van der Waals surface area contributed by atoms with Crippen LogP contribution in [0.1, 0.15) is 0 Å². The molecule has 0 spiro atoms. The SMILES string of the molecule is Clc1nsnc1Oc1ccc(-n2cnnn2)cc1. The van der Waals surface area contributed by atoms with Crippen LogP contribution in [-0.4, -0.2) is 29.0 Å². The van der Waals surface area contributed by atoms with Crippen molar-refractivity contribution in [3.63, 3.8) is 0 Å². The summed E-state index contributed by atoms with van der Waals surface area (Å²) in [7, 11) is 0. The van der Waals surface area contributed by atoms with E-state index in [2.05, 4.69) is 24.3 Å². The summed E-state index contributed by atoms with van der Waals surface area (Å²) in [6.07, 6.45) is 1.51. The van der Waals surface area contributed by atoms with E-state index in [4.69, 9.17) is 16.3 Å². The van der Waals surface area contributed by atoms with E-state index in [-0.39, 0.29) is 5.15 Å². The van der Waals surface area contributed by atoms with E-state index in [1.54, 1.807) is 16.8 Å². The molecule has 3 aromatic rings. The van der Waals surface area contributed by atoms with Gasteiger partial charge in [0.05, 0.1) is 17.4 Å². The Morgan fingerprint density at radius 2 is 2.00 bits per heavy atom.